The van der Waals surface area contributed by atoms with Gasteiger partial charge in [-0.1, -0.05) is 24.3 Å². The Kier molecular flexibility index (Phi) is 8.35. The van der Waals surface area contributed by atoms with Gasteiger partial charge in [0.25, 0.3) is 0 Å². The Balaban J connectivity index is 1.93. The zero-order valence-electron chi connectivity index (χ0n) is 15.9. The number of allylic oxidation sites excluding steroid dienone is 3. The van der Waals surface area contributed by atoms with Crippen molar-refractivity contribution in [2.75, 3.05) is 19.6 Å². The molecule has 1 amide bonds. The van der Waals surface area contributed by atoms with Crippen LogP contribution in [0.4, 0.5) is 0 Å². The highest BCUT2D eigenvalue weighted by atomic mass is 35.5. The summed E-state index contributed by atoms with van der Waals surface area (Å²) in [5.41, 5.74) is 6.60. The number of morpholine rings is 1. The fourth-order valence-corrected chi connectivity index (χ4v) is 4.01. The summed E-state index contributed by atoms with van der Waals surface area (Å²) >= 11 is 6.46. The lowest BCUT2D eigenvalue weighted by Gasteiger charge is -2.35. The number of carbonyl (C=O) groups excluding carboxylic acids is 1. The van der Waals surface area contributed by atoms with E-state index in [4.69, 9.17) is 22.1 Å². The van der Waals surface area contributed by atoms with Crippen molar-refractivity contribution in [1.29, 1.82) is 0 Å². The fraction of sp³-hybridized carbons (Fsp3) is 0.650. The number of halogens is 1. The van der Waals surface area contributed by atoms with Gasteiger partial charge >= 0.3 is 0 Å². The molecule has 1 saturated carbocycles. The molecule has 1 aliphatic carbocycles. The van der Waals surface area contributed by atoms with Gasteiger partial charge in [0, 0.05) is 42.3 Å². The Morgan fingerprint density at radius 2 is 1.88 bits per heavy atom. The van der Waals surface area contributed by atoms with Crippen molar-refractivity contribution in [3.05, 3.63) is 35.5 Å². The lowest BCUT2D eigenvalue weighted by atomic mass is 9.86. The highest BCUT2D eigenvalue weighted by Crippen LogP contribution is 2.23. The minimum atomic E-state index is 0.0242. The van der Waals surface area contributed by atoms with Crippen molar-refractivity contribution < 1.29 is 9.53 Å². The van der Waals surface area contributed by atoms with Crippen LogP contribution in [0, 0.1) is 5.92 Å². The predicted molar refractivity (Wildman–Crippen MR) is 107 cm³/mol. The summed E-state index contributed by atoms with van der Waals surface area (Å²) in [7, 11) is 0. The van der Waals surface area contributed by atoms with Crippen LogP contribution in [0.5, 0.6) is 0 Å². The molecule has 0 radical (unpaired) electrons. The van der Waals surface area contributed by atoms with E-state index in [0.717, 1.165) is 38.8 Å². The molecule has 0 aromatic carbocycles. The molecule has 6 heteroatoms. The van der Waals surface area contributed by atoms with Crippen LogP contribution in [0.1, 0.15) is 39.5 Å². The van der Waals surface area contributed by atoms with E-state index in [0.29, 0.717) is 17.3 Å². The normalized spacial score (nSPS) is 31.5. The number of nitrogens with zero attached hydrogens (tertiary/aromatic N) is 1. The van der Waals surface area contributed by atoms with Gasteiger partial charge in [-0.2, -0.15) is 0 Å². The first kappa shape index (κ1) is 21.2. The number of nitrogens with two attached hydrogens (primary N) is 1. The molecule has 3 N–H and O–H groups in total. The van der Waals surface area contributed by atoms with E-state index in [1.54, 1.807) is 12.2 Å². The maximum Gasteiger partial charge on any atom is 0.227 e. The second-order valence-electron chi connectivity index (χ2n) is 7.50. The summed E-state index contributed by atoms with van der Waals surface area (Å²) in [5, 5.41) is 3.68. The van der Waals surface area contributed by atoms with Gasteiger partial charge in [-0.3, -0.25) is 9.69 Å². The number of hydrogen-bond acceptors (Lipinski definition) is 4. The summed E-state index contributed by atoms with van der Waals surface area (Å²) in [6.07, 6.45) is 9.15. The number of carbonyl (C=O) groups is 1. The molecular weight excluding hydrogens is 350 g/mol. The van der Waals surface area contributed by atoms with Crippen molar-refractivity contribution in [3.8, 4) is 0 Å². The van der Waals surface area contributed by atoms with E-state index >= 15 is 0 Å². The SMILES string of the molecule is C=C/C=C(\C=C(\Cl)CN1CC(C)OC(C)C1)NC(=O)C1CCC(N)CC1. The van der Waals surface area contributed by atoms with E-state index < -0.39 is 0 Å². The lowest BCUT2D eigenvalue weighted by molar-refractivity contribution is -0.125. The third-order valence-corrected chi connectivity index (χ3v) is 5.12. The van der Waals surface area contributed by atoms with Crippen LogP contribution < -0.4 is 11.1 Å². The Morgan fingerprint density at radius 3 is 2.46 bits per heavy atom. The van der Waals surface area contributed by atoms with E-state index in [1.165, 1.54) is 0 Å². The number of ether oxygens (including phenoxy) is 1. The minimum absolute atomic E-state index is 0.0242. The molecule has 2 unspecified atom stereocenters. The third kappa shape index (κ3) is 6.88. The van der Waals surface area contributed by atoms with Gasteiger partial charge in [0.2, 0.25) is 5.91 Å². The van der Waals surface area contributed by atoms with E-state index in [2.05, 4.69) is 30.6 Å². The molecule has 0 bridgehead atoms. The molecule has 1 aliphatic heterocycles. The number of nitrogens with one attached hydrogen (secondary N) is 1. The monoisotopic (exact) mass is 381 g/mol. The second-order valence-corrected chi connectivity index (χ2v) is 7.99. The Bertz CT molecular complexity index is 543. The van der Waals surface area contributed by atoms with Gasteiger partial charge in [0.15, 0.2) is 0 Å². The molecule has 0 aromatic rings. The van der Waals surface area contributed by atoms with Crippen molar-refractivity contribution >= 4 is 17.5 Å². The molecule has 1 saturated heterocycles. The summed E-state index contributed by atoms with van der Waals surface area (Å²) in [6, 6.07) is 0.231. The smallest absolute Gasteiger partial charge is 0.227 e. The van der Waals surface area contributed by atoms with Gasteiger partial charge in [-0.25, -0.2) is 0 Å². The second kappa shape index (κ2) is 10.3. The molecule has 2 fully saturated rings. The number of amides is 1. The first-order valence-electron chi connectivity index (χ1n) is 9.50. The molecule has 1 heterocycles. The largest absolute Gasteiger partial charge is 0.373 e. The van der Waals surface area contributed by atoms with Gasteiger partial charge in [0.1, 0.15) is 0 Å². The summed E-state index contributed by atoms with van der Waals surface area (Å²) < 4.78 is 5.75. The molecule has 146 valence electrons. The Hall–Kier alpha value is -1.14. The first-order chi connectivity index (χ1) is 12.4. The number of rotatable bonds is 6. The molecular formula is C20H32ClN3O2. The summed E-state index contributed by atoms with van der Waals surface area (Å²) in [6.45, 7) is 10.2. The average molecular weight is 382 g/mol. The first-order valence-corrected chi connectivity index (χ1v) is 9.88. The van der Waals surface area contributed by atoms with Crippen molar-refractivity contribution in [1.82, 2.24) is 10.2 Å². The number of hydrogen-bond donors (Lipinski definition) is 2. The van der Waals surface area contributed by atoms with E-state index in [1.807, 2.05) is 6.08 Å². The minimum Gasteiger partial charge on any atom is -0.373 e. The van der Waals surface area contributed by atoms with Crippen LogP contribution in [0.15, 0.2) is 35.5 Å². The van der Waals surface area contributed by atoms with Crippen molar-refractivity contribution in [2.45, 2.75) is 57.8 Å². The van der Waals surface area contributed by atoms with Crippen LogP contribution in [0.2, 0.25) is 0 Å². The topological polar surface area (TPSA) is 67.6 Å². The maximum atomic E-state index is 12.5. The standard InChI is InChI=1S/C20H32ClN3O2/c1-4-5-19(23-20(25)16-6-8-18(22)9-7-16)10-17(21)13-24-11-14(2)26-15(3)12-24/h4-5,10,14-16,18H,1,6-9,11-13,22H2,2-3H3,(H,23,25)/b17-10+,19-5+. The molecule has 0 spiro atoms. The predicted octanol–water partition coefficient (Wildman–Crippen LogP) is 2.92. The van der Waals surface area contributed by atoms with Gasteiger partial charge in [-0.05, 0) is 51.7 Å². The molecule has 2 aliphatic rings. The fourth-order valence-electron chi connectivity index (χ4n) is 3.72. The lowest BCUT2D eigenvalue weighted by Crippen LogP contribution is -2.45. The molecule has 0 aromatic heterocycles. The zero-order chi connectivity index (χ0) is 19.1. The van der Waals surface area contributed by atoms with Crippen molar-refractivity contribution in [3.63, 3.8) is 0 Å². The van der Waals surface area contributed by atoms with Crippen LogP contribution in [0.3, 0.4) is 0 Å². The van der Waals surface area contributed by atoms with Crippen LogP contribution in [-0.4, -0.2) is 48.7 Å². The summed E-state index contributed by atoms with van der Waals surface area (Å²) in [5.74, 6) is 0.0652. The van der Waals surface area contributed by atoms with Crippen LogP contribution in [-0.2, 0) is 9.53 Å². The highest BCUT2D eigenvalue weighted by molar-refractivity contribution is 6.30. The van der Waals surface area contributed by atoms with Gasteiger partial charge < -0.3 is 15.8 Å². The molecule has 2 atom stereocenters. The van der Waals surface area contributed by atoms with E-state index in [9.17, 15) is 4.79 Å². The average Bonchev–Trinajstić information content (AvgIpc) is 2.54. The molecule has 2 rings (SSSR count). The quantitative estimate of drug-likeness (QED) is 0.694. The van der Waals surface area contributed by atoms with Gasteiger partial charge in [0.05, 0.1) is 12.2 Å². The van der Waals surface area contributed by atoms with Crippen LogP contribution >= 0.6 is 11.6 Å². The van der Waals surface area contributed by atoms with Gasteiger partial charge in [-0.15, -0.1) is 0 Å². The highest BCUT2D eigenvalue weighted by Gasteiger charge is 2.25. The molecule has 26 heavy (non-hydrogen) atoms. The Morgan fingerprint density at radius 1 is 1.27 bits per heavy atom. The van der Waals surface area contributed by atoms with Crippen molar-refractivity contribution in [2.24, 2.45) is 11.7 Å². The van der Waals surface area contributed by atoms with E-state index in [-0.39, 0.29) is 30.1 Å². The molecule has 5 nitrogen and oxygen atoms in total. The zero-order valence-corrected chi connectivity index (χ0v) is 16.7. The van der Waals surface area contributed by atoms with Crippen LogP contribution in [0.25, 0.3) is 0 Å². The maximum absolute atomic E-state index is 12.5. The summed E-state index contributed by atoms with van der Waals surface area (Å²) in [4.78, 5) is 14.8. The Labute approximate surface area is 162 Å². The third-order valence-electron chi connectivity index (χ3n) is 4.89.